The summed E-state index contributed by atoms with van der Waals surface area (Å²) >= 11 is 0. The molecule has 1 heterocycles. The molecule has 0 aliphatic carbocycles. The largest absolute Gasteiger partial charge is 0.507 e. The van der Waals surface area contributed by atoms with Crippen LogP contribution in [0.1, 0.15) is 210 Å². The molecule has 0 fully saturated rings. The molecule has 2 N–H and O–H groups in total. The van der Waals surface area contributed by atoms with Crippen LogP contribution in [0.5, 0.6) is 23.0 Å². The number of carbonyl (C=O) groups is 1. The molecule has 6 nitrogen and oxygen atoms in total. The quantitative estimate of drug-likeness (QED) is 0.118. The van der Waals surface area contributed by atoms with Gasteiger partial charge in [0.15, 0.2) is 0 Å². The number of esters is 1. The van der Waals surface area contributed by atoms with Gasteiger partial charge in [-0.25, -0.2) is 4.57 Å². The number of aryl methyl sites for hydroxylation is 2. The molecule has 61 heavy (non-hydrogen) atoms. The Balaban J connectivity index is 0.000000270. The summed E-state index contributed by atoms with van der Waals surface area (Å²) in [5.74, 6) is 1.06. The van der Waals surface area contributed by atoms with E-state index in [0.29, 0.717) is 23.0 Å². The molecule has 332 valence electrons. The van der Waals surface area contributed by atoms with Gasteiger partial charge < -0.3 is 19.5 Å². The van der Waals surface area contributed by atoms with Crippen LogP contribution in [-0.2, 0) is 41.8 Å². The van der Waals surface area contributed by atoms with Crippen molar-refractivity contribution in [1.29, 1.82) is 0 Å². The first-order chi connectivity index (χ1) is 27.5. The number of rotatable bonds is 5. The number of phenols is 2. The molecule has 0 amide bonds. The van der Waals surface area contributed by atoms with E-state index in [9.17, 15) is 19.6 Å². The van der Waals surface area contributed by atoms with Gasteiger partial charge in [-0.05, 0) is 90.8 Å². The minimum Gasteiger partial charge on any atom is -0.507 e. The van der Waals surface area contributed by atoms with Gasteiger partial charge in [-0.15, -0.1) is 0 Å². The predicted octanol–water partition coefficient (Wildman–Crippen LogP) is 15.0. The highest BCUT2D eigenvalue weighted by Gasteiger charge is 2.40. The Morgan fingerprint density at radius 3 is 1.26 bits per heavy atom. The van der Waals surface area contributed by atoms with E-state index in [-0.39, 0.29) is 44.4 Å². The van der Waals surface area contributed by atoms with Crippen LogP contribution >= 0.6 is 8.69 Å². The maximum absolute atomic E-state index is 13.0. The van der Waals surface area contributed by atoms with Crippen LogP contribution in [0.4, 0.5) is 0 Å². The normalized spacial score (nSPS) is 15.1. The molecule has 1 aliphatic rings. The second-order valence-corrected chi connectivity index (χ2v) is 23.9. The average molecular weight is 851 g/mol. The zero-order valence-electron chi connectivity index (χ0n) is 41.2. The van der Waals surface area contributed by atoms with Gasteiger partial charge in [-0.3, -0.25) is 4.79 Å². The molecule has 0 spiro atoms. The Kier molecular flexibility index (Phi) is 13.7. The molecule has 1 unspecified atom stereocenters. The topological polar surface area (TPSA) is 93.1 Å². The molecule has 1 atom stereocenters. The number of ether oxygens (including phenoxy) is 1. The number of carbonyl (C=O) groups excluding carboxylic acids is 1. The molecule has 0 aromatic heterocycles. The molecular formula is C54H75O6P. The fourth-order valence-corrected chi connectivity index (χ4v) is 8.42. The van der Waals surface area contributed by atoms with Crippen LogP contribution in [0, 0.1) is 13.8 Å². The highest BCUT2D eigenvalue weighted by atomic mass is 31.1. The lowest BCUT2D eigenvalue weighted by Gasteiger charge is -2.31. The number of hydrogen-bond acceptors (Lipinski definition) is 6. The van der Waals surface area contributed by atoms with Crippen molar-refractivity contribution in [2.45, 2.75) is 190 Å². The van der Waals surface area contributed by atoms with E-state index < -0.39 is 14.6 Å². The summed E-state index contributed by atoms with van der Waals surface area (Å²) in [6, 6.07) is 16.7. The summed E-state index contributed by atoms with van der Waals surface area (Å²) in [7, 11) is -0.391. The van der Waals surface area contributed by atoms with Gasteiger partial charge in [-0.1, -0.05) is 180 Å². The predicted molar refractivity (Wildman–Crippen MR) is 254 cm³/mol. The van der Waals surface area contributed by atoms with E-state index in [1.54, 1.807) is 0 Å². The van der Waals surface area contributed by atoms with Crippen molar-refractivity contribution in [3.63, 3.8) is 0 Å². The third-order valence-corrected chi connectivity index (χ3v) is 12.3. The van der Waals surface area contributed by atoms with Crippen molar-refractivity contribution in [3.05, 3.63) is 115 Å². The molecule has 0 radical (unpaired) electrons. The summed E-state index contributed by atoms with van der Waals surface area (Å²) in [5, 5.41) is 22.8. The lowest BCUT2D eigenvalue weighted by atomic mass is 9.74. The van der Waals surface area contributed by atoms with E-state index >= 15 is 0 Å². The van der Waals surface area contributed by atoms with Crippen LogP contribution in [0.25, 0.3) is 0 Å². The van der Waals surface area contributed by atoms with Crippen molar-refractivity contribution in [2.75, 3.05) is 0 Å². The number of phenolic OH excluding ortho intramolecular Hbond substituents is 2. The maximum Gasteiger partial charge on any atom is 0.395 e. The van der Waals surface area contributed by atoms with Crippen molar-refractivity contribution >= 4 is 14.7 Å². The van der Waals surface area contributed by atoms with Crippen LogP contribution in [0.2, 0.25) is 0 Å². The van der Waals surface area contributed by atoms with E-state index in [4.69, 9.17) is 9.26 Å². The zero-order chi connectivity index (χ0) is 46.7. The van der Waals surface area contributed by atoms with E-state index in [1.807, 2.05) is 26.0 Å². The molecule has 4 aromatic rings. The number of hydrogen-bond donors (Lipinski definition) is 2. The molecule has 4 aromatic carbocycles. The van der Waals surface area contributed by atoms with Crippen LogP contribution in [0.3, 0.4) is 0 Å². The Bertz CT molecular complexity index is 2200. The third-order valence-electron chi connectivity index (χ3n) is 12.0. The van der Waals surface area contributed by atoms with Gasteiger partial charge in [-0.2, -0.15) is 0 Å². The minimum atomic E-state index is -0.482. The second kappa shape index (κ2) is 16.9. The monoisotopic (exact) mass is 851 g/mol. The lowest BCUT2D eigenvalue weighted by molar-refractivity contribution is -0.133. The first-order valence-corrected chi connectivity index (χ1v) is 22.5. The molecule has 0 bridgehead atoms. The Morgan fingerprint density at radius 1 is 0.557 bits per heavy atom. The Morgan fingerprint density at radius 2 is 0.918 bits per heavy atom. The van der Waals surface area contributed by atoms with Crippen molar-refractivity contribution in [3.8, 4) is 23.0 Å². The Hall–Kier alpha value is -4.15. The first-order valence-electron chi connectivity index (χ1n) is 21.8. The Labute approximate surface area is 370 Å². The fraction of sp³-hybridized carbons (Fsp3) is 0.537. The van der Waals surface area contributed by atoms with Gasteiger partial charge in [0.25, 0.3) is 0 Å². The van der Waals surface area contributed by atoms with Crippen molar-refractivity contribution < 1.29 is 28.8 Å². The smallest absolute Gasteiger partial charge is 0.395 e. The van der Waals surface area contributed by atoms with Gasteiger partial charge in [0.1, 0.15) is 28.9 Å². The van der Waals surface area contributed by atoms with Gasteiger partial charge in [0, 0.05) is 28.2 Å². The summed E-state index contributed by atoms with van der Waals surface area (Å²) < 4.78 is 21.9. The van der Waals surface area contributed by atoms with Crippen LogP contribution in [-0.4, -0.2) is 16.2 Å². The van der Waals surface area contributed by atoms with Gasteiger partial charge >= 0.3 is 14.7 Å². The highest BCUT2D eigenvalue weighted by molar-refractivity contribution is 7.17. The maximum atomic E-state index is 13.0. The van der Waals surface area contributed by atoms with Crippen molar-refractivity contribution in [2.24, 2.45) is 0 Å². The average Bonchev–Trinajstić information content (AvgIpc) is 3.42. The first kappa shape index (κ1) is 49.5. The zero-order valence-corrected chi connectivity index (χ0v) is 42.1. The van der Waals surface area contributed by atoms with Crippen molar-refractivity contribution in [1.82, 2.24) is 0 Å². The minimum absolute atomic E-state index is 0.0476. The van der Waals surface area contributed by atoms with Crippen LogP contribution < -0.4 is 9.26 Å². The number of fused-ring (bicyclic) bond motifs is 1. The molecule has 7 heteroatoms. The number of benzene rings is 4. The van der Waals surface area contributed by atoms with E-state index in [1.165, 1.54) is 16.7 Å². The van der Waals surface area contributed by atoms with Crippen LogP contribution in [0.15, 0.2) is 48.5 Å². The second-order valence-electron chi connectivity index (χ2n) is 23.6. The molecule has 5 rings (SSSR count). The van der Waals surface area contributed by atoms with E-state index in [2.05, 4.69) is 168 Å². The SMILES string of the molecule is CC(c1cc(C(C)(C)C)cc(C(C)(C)C)c1O)c1cc(C(C)(C)C)cc(C(C)(C)C)c1O.Cc1cc(C2C(=O)Oc3c2cc(C(C)(C)C)cc3C(C)(C)C)cc(C)c1OP=O. The number of aromatic hydroxyl groups is 2. The van der Waals surface area contributed by atoms with Gasteiger partial charge in [0.2, 0.25) is 0 Å². The summed E-state index contributed by atoms with van der Waals surface area (Å²) in [4.78, 5) is 13.0. The standard InChI is InChI=1S/C30H46O2.C24H29O4P/c1-18(21-14-19(27(2,3)4)16-23(25(21)31)29(8,9)10)22-15-20(28(5,6)7)17-24(26(22)32)30(11,12)13;1-13-9-15(10-14(2)20(13)28-29-26)19-17-11-16(23(3,4)5)12-18(24(6,7)8)21(17)27-22(19)25/h14-18,31-32H,1-13H3;9-12,19H,1-8H3. The molecular weight excluding hydrogens is 776 g/mol. The summed E-state index contributed by atoms with van der Waals surface area (Å²) in [5.41, 5.74) is 11.1. The van der Waals surface area contributed by atoms with Gasteiger partial charge in [0.05, 0.1) is 0 Å². The lowest BCUT2D eigenvalue weighted by Crippen LogP contribution is -2.19. The molecule has 1 aliphatic heterocycles. The molecule has 0 saturated heterocycles. The summed E-state index contributed by atoms with van der Waals surface area (Å²) in [6.07, 6.45) is 0. The highest BCUT2D eigenvalue weighted by Crippen LogP contribution is 2.49. The molecule has 0 saturated carbocycles. The summed E-state index contributed by atoms with van der Waals surface area (Å²) in [6.45, 7) is 44.9. The van der Waals surface area contributed by atoms with E-state index in [0.717, 1.165) is 50.1 Å². The fourth-order valence-electron chi connectivity index (χ4n) is 8.05. The third kappa shape index (κ3) is 10.7.